The van der Waals surface area contributed by atoms with Crippen LogP contribution in [-0.2, 0) is 13.0 Å². The molecule has 1 aliphatic rings. The summed E-state index contributed by atoms with van der Waals surface area (Å²) in [5, 5.41) is 0. The predicted octanol–water partition coefficient (Wildman–Crippen LogP) is 5.27. The highest BCUT2D eigenvalue weighted by atomic mass is 19.1. The molecule has 0 unspecified atom stereocenters. The van der Waals surface area contributed by atoms with E-state index < -0.39 is 0 Å². The maximum absolute atomic E-state index is 14.6. The Morgan fingerprint density at radius 1 is 1.08 bits per heavy atom. The Morgan fingerprint density at radius 3 is 2.58 bits per heavy atom. The van der Waals surface area contributed by atoms with Crippen molar-refractivity contribution < 1.29 is 13.6 Å². The van der Waals surface area contributed by atoms with Crippen LogP contribution in [-0.4, -0.2) is 51.9 Å². The van der Waals surface area contributed by atoms with Crippen LogP contribution in [0, 0.1) is 18.7 Å². The molecule has 186 valence electrons. The fraction of sp³-hybridized carbons (Fsp3) is 0.345. The number of carbonyl (C=O) groups is 1. The molecule has 7 heteroatoms. The number of fused-ring (bicyclic) bond motifs is 1. The summed E-state index contributed by atoms with van der Waals surface area (Å²) in [7, 11) is 1.83. The lowest BCUT2D eigenvalue weighted by molar-refractivity contribution is 0.0582. The second kappa shape index (κ2) is 10.6. The van der Waals surface area contributed by atoms with E-state index in [2.05, 4.69) is 20.9 Å². The third-order valence-corrected chi connectivity index (χ3v) is 7.45. The van der Waals surface area contributed by atoms with Crippen molar-refractivity contribution in [3.8, 4) is 0 Å². The average molecular weight is 487 g/mol. The molecule has 0 aliphatic carbocycles. The number of carbonyl (C=O) groups excluding carboxylic acids is 1. The summed E-state index contributed by atoms with van der Waals surface area (Å²) in [6.07, 6.45) is 7.33. The molecule has 0 N–H and O–H groups in total. The number of piperidine rings is 1. The normalized spacial score (nSPS) is 15.8. The zero-order chi connectivity index (χ0) is 25.1. The Balaban J connectivity index is 1.32. The lowest BCUT2D eigenvalue weighted by Gasteiger charge is -2.40. The first-order chi connectivity index (χ1) is 17.5. The van der Waals surface area contributed by atoms with Gasteiger partial charge in [-0.05, 0) is 74.5 Å². The molecular weight excluding hydrogens is 455 g/mol. The first-order valence-corrected chi connectivity index (χ1v) is 12.5. The molecule has 1 saturated heterocycles. The van der Waals surface area contributed by atoms with E-state index in [4.69, 9.17) is 4.42 Å². The summed E-state index contributed by atoms with van der Waals surface area (Å²) in [5.74, 6) is 0.551. The maximum Gasteiger partial charge on any atom is 0.257 e. The van der Waals surface area contributed by atoms with Crippen molar-refractivity contribution in [1.29, 1.82) is 0 Å². The smallest absolute Gasteiger partial charge is 0.257 e. The van der Waals surface area contributed by atoms with Gasteiger partial charge >= 0.3 is 0 Å². The fourth-order valence-corrected chi connectivity index (χ4v) is 5.37. The molecule has 36 heavy (non-hydrogen) atoms. The maximum atomic E-state index is 14.6. The number of likely N-dealkylation sites (tertiary alicyclic amines) is 1. The Kier molecular flexibility index (Phi) is 7.09. The molecule has 1 amide bonds. The number of likely N-dealkylation sites (N-methyl/N-ethyl adjacent to an activating group) is 1. The third kappa shape index (κ3) is 5.02. The highest BCUT2D eigenvalue weighted by Crippen LogP contribution is 2.29. The summed E-state index contributed by atoms with van der Waals surface area (Å²) in [5.41, 5.74) is 4.22. The molecule has 1 aliphatic heterocycles. The minimum Gasteiger partial charge on any atom is -0.469 e. The van der Waals surface area contributed by atoms with Crippen LogP contribution < -0.4 is 0 Å². The Bertz CT molecular complexity index is 1340. The van der Waals surface area contributed by atoms with Crippen molar-refractivity contribution in [2.75, 3.05) is 20.1 Å². The van der Waals surface area contributed by atoms with E-state index in [1.807, 2.05) is 31.3 Å². The summed E-state index contributed by atoms with van der Waals surface area (Å²) in [6, 6.07) is 14.6. The number of furan rings is 1. The van der Waals surface area contributed by atoms with E-state index in [0.717, 1.165) is 43.5 Å². The van der Waals surface area contributed by atoms with Gasteiger partial charge in [-0.1, -0.05) is 30.3 Å². The molecule has 0 bridgehead atoms. The Hall–Kier alpha value is -3.58. The van der Waals surface area contributed by atoms with Gasteiger partial charge in [0.15, 0.2) is 0 Å². The van der Waals surface area contributed by atoms with Crippen molar-refractivity contribution in [3.63, 3.8) is 0 Å². The molecule has 0 spiro atoms. The van der Waals surface area contributed by atoms with Gasteiger partial charge in [0.05, 0.1) is 22.9 Å². The molecule has 0 radical (unpaired) electrons. The van der Waals surface area contributed by atoms with E-state index >= 15 is 0 Å². The molecule has 3 heterocycles. The van der Waals surface area contributed by atoms with Gasteiger partial charge in [-0.3, -0.25) is 19.7 Å². The van der Waals surface area contributed by atoms with Gasteiger partial charge < -0.3 is 9.32 Å². The second-order valence-electron chi connectivity index (χ2n) is 9.62. The van der Waals surface area contributed by atoms with Crippen molar-refractivity contribution in [2.45, 2.75) is 38.8 Å². The van der Waals surface area contributed by atoms with E-state index in [-0.39, 0.29) is 23.7 Å². The number of halogens is 1. The molecule has 0 saturated carbocycles. The monoisotopic (exact) mass is 486 g/mol. The lowest BCUT2D eigenvalue weighted by atomic mass is 9.84. The fourth-order valence-electron chi connectivity index (χ4n) is 5.37. The number of amides is 1. The van der Waals surface area contributed by atoms with Crippen molar-refractivity contribution in [3.05, 3.63) is 95.5 Å². The number of nitrogens with zero attached hydrogens (tertiary/aromatic N) is 4. The second-order valence-corrected chi connectivity index (χ2v) is 9.62. The Morgan fingerprint density at radius 2 is 1.83 bits per heavy atom. The van der Waals surface area contributed by atoms with E-state index in [1.165, 1.54) is 11.6 Å². The number of benzene rings is 2. The minimum atomic E-state index is -0.225. The summed E-state index contributed by atoms with van der Waals surface area (Å²) in [4.78, 5) is 26.6. The van der Waals surface area contributed by atoms with Gasteiger partial charge in [0.2, 0.25) is 0 Å². The highest BCUT2D eigenvalue weighted by Gasteiger charge is 2.33. The molecular formula is C29H31FN4O2. The highest BCUT2D eigenvalue weighted by molar-refractivity contribution is 5.95. The molecule has 2 aromatic heterocycles. The largest absolute Gasteiger partial charge is 0.469 e. The van der Waals surface area contributed by atoms with Crippen LogP contribution in [0.4, 0.5) is 4.39 Å². The number of hydrogen-bond donors (Lipinski definition) is 0. The number of rotatable bonds is 7. The van der Waals surface area contributed by atoms with Crippen LogP contribution >= 0.6 is 0 Å². The van der Waals surface area contributed by atoms with Gasteiger partial charge in [-0.2, -0.15) is 0 Å². The van der Waals surface area contributed by atoms with Crippen LogP contribution in [0.2, 0.25) is 0 Å². The van der Waals surface area contributed by atoms with E-state index in [0.29, 0.717) is 23.3 Å². The van der Waals surface area contributed by atoms with Gasteiger partial charge in [0, 0.05) is 32.0 Å². The summed E-state index contributed by atoms with van der Waals surface area (Å²) in [6.45, 7) is 4.41. The Labute approximate surface area is 210 Å². The zero-order valence-electron chi connectivity index (χ0n) is 20.7. The van der Waals surface area contributed by atoms with E-state index in [9.17, 15) is 9.18 Å². The molecule has 4 aromatic rings. The number of hydrogen-bond acceptors (Lipinski definition) is 5. The van der Waals surface area contributed by atoms with Crippen LogP contribution in [0.5, 0.6) is 0 Å². The number of aromatic nitrogens is 2. The lowest BCUT2D eigenvalue weighted by Crippen LogP contribution is -2.47. The van der Waals surface area contributed by atoms with Crippen LogP contribution in [0.1, 0.15) is 40.1 Å². The molecule has 6 nitrogen and oxygen atoms in total. The summed E-state index contributed by atoms with van der Waals surface area (Å²) >= 11 is 0. The van der Waals surface area contributed by atoms with Crippen molar-refractivity contribution in [2.24, 2.45) is 5.92 Å². The standard InChI is InChI=1S/C29H31FN4O2/c1-20-24(12-17-36-20)29(35)33(2)27(18-22-6-3-4-8-25(22)30)21-10-15-34(16-11-21)19-23-7-5-9-26-28(23)32-14-13-31-26/h3-9,12-14,17,21,27H,10-11,15-16,18-19H2,1-2H3/t27-/m0/s1. The molecule has 2 aromatic carbocycles. The van der Waals surface area contributed by atoms with Gasteiger partial charge in [0.1, 0.15) is 11.6 Å². The molecule has 1 atom stereocenters. The van der Waals surface area contributed by atoms with Crippen molar-refractivity contribution >= 4 is 16.9 Å². The van der Waals surface area contributed by atoms with Crippen LogP contribution in [0.15, 0.2) is 71.6 Å². The van der Waals surface area contributed by atoms with E-state index in [1.54, 1.807) is 42.6 Å². The molecule has 1 fully saturated rings. The van der Waals surface area contributed by atoms with Crippen molar-refractivity contribution in [1.82, 2.24) is 19.8 Å². The van der Waals surface area contributed by atoms with Gasteiger partial charge in [0.25, 0.3) is 5.91 Å². The minimum absolute atomic E-state index is 0.0839. The third-order valence-electron chi connectivity index (χ3n) is 7.45. The first kappa shape index (κ1) is 24.1. The average Bonchev–Trinajstić information content (AvgIpc) is 3.34. The quantitative estimate of drug-likeness (QED) is 0.356. The van der Waals surface area contributed by atoms with Gasteiger partial charge in [-0.15, -0.1) is 0 Å². The summed E-state index contributed by atoms with van der Waals surface area (Å²) < 4.78 is 20.0. The molecule has 5 rings (SSSR count). The SMILES string of the molecule is Cc1occc1C(=O)N(C)[C@@H](Cc1ccccc1F)C1CCN(Cc2cccc3nccnc23)CC1. The van der Waals surface area contributed by atoms with Crippen LogP contribution in [0.3, 0.4) is 0 Å². The topological polar surface area (TPSA) is 62.5 Å². The predicted molar refractivity (Wildman–Crippen MR) is 137 cm³/mol. The first-order valence-electron chi connectivity index (χ1n) is 12.5. The number of para-hydroxylation sites is 1. The van der Waals surface area contributed by atoms with Gasteiger partial charge in [-0.25, -0.2) is 4.39 Å². The van der Waals surface area contributed by atoms with Crippen LogP contribution in [0.25, 0.3) is 11.0 Å². The number of aryl methyl sites for hydroxylation is 1. The zero-order valence-corrected chi connectivity index (χ0v) is 20.7.